The van der Waals surface area contributed by atoms with Crippen LogP contribution in [0.2, 0.25) is 0 Å². The standard InChI is InChI=1S/C28H51NO12/c30-27(31)8-10-33-12-14-35-16-18-37-20-22-39-24-25-40-23-21-38-19-17-36-15-13-34-11-9-29-28(32)41-26-6-4-2-1-3-5-7-26/h1-2,26H,3-25H2,(H,29,32)(H,30,31)/b2-1+. The maximum atomic E-state index is 11.9. The van der Waals surface area contributed by atoms with Crippen molar-refractivity contribution < 1.29 is 57.3 Å². The summed E-state index contributed by atoms with van der Waals surface area (Å²) in [6.45, 7) is 7.38. The zero-order chi connectivity index (χ0) is 29.5. The van der Waals surface area contributed by atoms with Crippen molar-refractivity contribution in [2.45, 2.75) is 44.6 Å². The molecule has 1 atom stereocenters. The number of ether oxygens (including phenoxy) is 9. The summed E-state index contributed by atoms with van der Waals surface area (Å²) in [5, 5.41) is 11.2. The second-order valence-corrected chi connectivity index (χ2v) is 8.98. The first kappa shape index (κ1) is 37.2. The summed E-state index contributed by atoms with van der Waals surface area (Å²) >= 11 is 0. The molecule has 0 saturated carbocycles. The van der Waals surface area contributed by atoms with Gasteiger partial charge in [0, 0.05) is 6.54 Å². The molecule has 1 aliphatic rings. The number of carboxylic acid groups (broad SMARTS) is 1. The third-order valence-electron chi connectivity index (χ3n) is 5.57. The van der Waals surface area contributed by atoms with Crippen LogP contribution in [-0.2, 0) is 47.4 Å². The molecule has 0 heterocycles. The average Bonchev–Trinajstić information content (AvgIpc) is 2.94. The van der Waals surface area contributed by atoms with Crippen molar-refractivity contribution in [2.24, 2.45) is 0 Å². The van der Waals surface area contributed by atoms with Gasteiger partial charge in [0.2, 0.25) is 0 Å². The van der Waals surface area contributed by atoms with Crippen LogP contribution in [-0.4, -0.2) is 136 Å². The van der Waals surface area contributed by atoms with Gasteiger partial charge in [-0.05, 0) is 32.1 Å². The number of carbonyl (C=O) groups excluding carboxylic acids is 1. The molecule has 0 aliphatic heterocycles. The monoisotopic (exact) mass is 593 g/mol. The summed E-state index contributed by atoms with van der Waals surface area (Å²) in [5.74, 6) is -0.875. The fourth-order valence-electron chi connectivity index (χ4n) is 3.46. The molecule has 0 bridgehead atoms. The molecular formula is C28H51NO12. The van der Waals surface area contributed by atoms with Crippen molar-refractivity contribution in [1.82, 2.24) is 5.32 Å². The molecule has 0 aromatic carbocycles. The number of carboxylic acids is 1. The van der Waals surface area contributed by atoms with Crippen LogP contribution < -0.4 is 5.32 Å². The summed E-state index contributed by atoms with van der Waals surface area (Å²) in [6.07, 6.45) is 8.78. The number of amides is 1. The number of aliphatic carboxylic acids is 1. The van der Waals surface area contributed by atoms with E-state index in [-0.39, 0.29) is 25.2 Å². The summed E-state index contributed by atoms with van der Waals surface area (Å²) in [4.78, 5) is 22.2. The van der Waals surface area contributed by atoms with E-state index in [0.717, 1.165) is 32.1 Å². The molecule has 240 valence electrons. The number of allylic oxidation sites excluding steroid dienone is 2. The lowest BCUT2D eigenvalue weighted by Crippen LogP contribution is -2.31. The van der Waals surface area contributed by atoms with Crippen LogP contribution in [0.1, 0.15) is 38.5 Å². The molecule has 0 aromatic rings. The minimum absolute atomic E-state index is 0.00341. The molecule has 0 aromatic heterocycles. The van der Waals surface area contributed by atoms with Gasteiger partial charge in [0.05, 0.1) is 112 Å². The van der Waals surface area contributed by atoms with Crippen LogP contribution in [0.3, 0.4) is 0 Å². The average molecular weight is 594 g/mol. The van der Waals surface area contributed by atoms with Crippen molar-refractivity contribution >= 4 is 12.1 Å². The van der Waals surface area contributed by atoms with Gasteiger partial charge in [-0.2, -0.15) is 0 Å². The number of carbonyl (C=O) groups is 2. The molecule has 13 heteroatoms. The van der Waals surface area contributed by atoms with E-state index in [1.54, 1.807) is 0 Å². The largest absolute Gasteiger partial charge is 0.481 e. The Balaban J connectivity index is 1.68. The zero-order valence-electron chi connectivity index (χ0n) is 24.4. The van der Waals surface area contributed by atoms with E-state index in [0.29, 0.717) is 106 Å². The highest BCUT2D eigenvalue weighted by atomic mass is 16.6. The van der Waals surface area contributed by atoms with Gasteiger partial charge in [-0.3, -0.25) is 4.79 Å². The van der Waals surface area contributed by atoms with Gasteiger partial charge in [-0.1, -0.05) is 12.2 Å². The number of nitrogens with one attached hydrogen (secondary N) is 1. The Hall–Kier alpha value is -1.84. The van der Waals surface area contributed by atoms with Gasteiger partial charge in [0.1, 0.15) is 6.10 Å². The highest BCUT2D eigenvalue weighted by Crippen LogP contribution is 2.15. The second kappa shape index (κ2) is 29.6. The minimum atomic E-state index is -0.875. The van der Waals surface area contributed by atoms with Crippen LogP contribution in [0.25, 0.3) is 0 Å². The van der Waals surface area contributed by atoms with Crippen LogP contribution in [0.5, 0.6) is 0 Å². The predicted molar refractivity (Wildman–Crippen MR) is 149 cm³/mol. The van der Waals surface area contributed by atoms with E-state index in [4.69, 9.17) is 47.7 Å². The SMILES string of the molecule is O=C(O)CCOCCOCCOCCOCCOCCOCCOCCOCCNC(=O)OC1CC/C=C/CCC1. The van der Waals surface area contributed by atoms with E-state index in [9.17, 15) is 9.59 Å². The highest BCUT2D eigenvalue weighted by Gasteiger charge is 2.14. The topological polar surface area (TPSA) is 149 Å². The zero-order valence-corrected chi connectivity index (χ0v) is 24.4. The first-order valence-electron chi connectivity index (χ1n) is 14.6. The van der Waals surface area contributed by atoms with E-state index in [2.05, 4.69) is 17.5 Å². The highest BCUT2D eigenvalue weighted by molar-refractivity contribution is 5.67. The molecular weight excluding hydrogens is 542 g/mol. The van der Waals surface area contributed by atoms with Crippen molar-refractivity contribution in [1.29, 1.82) is 0 Å². The summed E-state index contributed by atoms with van der Waals surface area (Å²) < 4.78 is 48.5. The normalized spacial score (nSPS) is 16.1. The van der Waals surface area contributed by atoms with E-state index in [1.165, 1.54) is 0 Å². The van der Waals surface area contributed by atoms with Gasteiger partial charge in [-0.25, -0.2) is 4.79 Å². The van der Waals surface area contributed by atoms with E-state index < -0.39 is 5.97 Å². The minimum Gasteiger partial charge on any atom is -0.481 e. The van der Waals surface area contributed by atoms with Crippen LogP contribution in [0, 0.1) is 0 Å². The van der Waals surface area contributed by atoms with Crippen molar-refractivity contribution in [3.05, 3.63) is 12.2 Å². The molecule has 41 heavy (non-hydrogen) atoms. The number of hydrogen-bond donors (Lipinski definition) is 2. The maximum absolute atomic E-state index is 11.9. The molecule has 13 nitrogen and oxygen atoms in total. The van der Waals surface area contributed by atoms with E-state index >= 15 is 0 Å². The number of hydrogen-bond acceptors (Lipinski definition) is 11. The van der Waals surface area contributed by atoms with E-state index in [1.807, 2.05) is 0 Å². The van der Waals surface area contributed by atoms with Crippen molar-refractivity contribution in [3.8, 4) is 0 Å². The first-order chi connectivity index (χ1) is 20.2. The summed E-state index contributed by atoms with van der Waals surface area (Å²) in [6, 6.07) is 0. The number of alkyl carbamates (subject to hydrolysis) is 1. The predicted octanol–water partition coefficient (Wildman–Crippen LogP) is 2.21. The van der Waals surface area contributed by atoms with Gasteiger partial charge in [-0.15, -0.1) is 0 Å². The van der Waals surface area contributed by atoms with Gasteiger partial charge < -0.3 is 53.1 Å². The van der Waals surface area contributed by atoms with Crippen LogP contribution in [0.4, 0.5) is 4.79 Å². The Morgan fingerprint density at radius 3 is 1.46 bits per heavy atom. The molecule has 2 N–H and O–H groups in total. The lowest BCUT2D eigenvalue weighted by atomic mass is 10.0. The first-order valence-corrected chi connectivity index (χ1v) is 14.6. The fraction of sp³-hybridized carbons (Fsp3) is 0.857. The Morgan fingerprint density at radius 1 is 0.585 bits per heavy atom. The van der Waals surface area contributed by atoms with Gasteiger partial charge in [0.15, 0.2) is 0 Å². The third-order valence-corrected chi connectivity index (χ3v) is 5.57. The summed E-state index contributed by atoms with van der Waals surface area (Å²) in [5.41, 5.74) is 0. The van der Waals surface area contributed by atoms with Crippen molar-refractivity contribution in [2.75, 3.05) is 112 Å². The molecule has 0 radical (unpaired) electrons. The molecule has 1 rings (SSSR count). The molecule has 0 fully saturated rings. The maximum Gasteiger partial charge on any atom is 0.407 e. The smallest absolute Gasteiger partial charge is 0.407 e. The molecule has 0 spiro atoms. The molecule has 1 amide bonds. The fourth-order valence-corrected chi connectivity index (χ4v) is 3.46. The lowest BCUT2D eigenvalue weighted by Gasteiger charge is -2.18. The Morgan fingerprint density at radius 2 is 1.00 bits per heavy atom. The van der Waals surface area contributed by atoms with Crippen LogP contribution in [0.15, 0.2) is 12.2 Å². The second-order valence-electron chi connectivity index (χ2n) is 8.98. The Labute approximate surface area is 244 Å². The third kappa shape index (κ3) is 28.1. The quantitative estimate of drug-likeness (QED) is 0.101. The van der Waals surface area contributed by atoms with Gasteiger partial charge >= 0.3 is 12.1 Å². The Bertz CT molecular complexity index is 637. The lowest BCUT2D eigenvalue weighted by molar-refractivity contribution is -0.138. The van der Waals surface area contributed by atoms with Crippen LogP contribution >= 0.6 is 0 Å². The Kier molecular flexibility index (Phi) is 26.9. The van der Waals surface area contributed by atoms with Gasteiger partial charge in [0.25, 0.3) is 0 Å². The number of rotatable bonds is 28. The molecule has 0 saturated heterocycles. The molecule has 1 unspecified atom stereocenters. The molecule has 1 aliphatic carbocycles. The summed E-state index contributed by atoms with van der Waals surface area (Å²) in [7, 11) is 0. The van der Waals surface area contributed by atoms with Crippen molar-refractivity contribution in [3.63, 3.8) is 0 Å².